The summed E-state index contributed by atoms with van der Waals surface area (Å²) in [6.45, 7) is 3.49. The van der Waals surface area contributed by atoms with E-state index >= 15 is 0 Å². The summed E-state index contributed by atoms with van der Waals surface area (Å²) >= 11 is 0. The molecule has 0 unspecified atom stereocenters. The molecule has 1 saturated heterocycles. The zero-order chi connectivity index (χ0) is 17.0. The number of ether oxygens (including phenoxy) is 2. The first-order chi connectivity index (χ1) is 11.7. The van der Waals surface area contributed by atoms with Crippen molar-refractivity contribution < 1.29 is 19.7 Å². The van der Waals surface area contributed by atoms with Gasteiger partial charge in [-0.2, -0.15) is 0 Å². The van der Waals surface area contributed by atoms with E-state index in [1.54, 1.807) is 7.11 Å². The van der Waals surface area contributed by atoms with Crippen LogP contribution in [0.3, 0.4) is 0 Å². The monoisotopic (exact) mass is 337 g/mol. The molecule has 24 heavy (non-hydrogen) atoms. The van der Waals surface area contributed by atoms with Crippen LogP contribution in [-0.4, -0.2) is 70.7 Å². The summed E-state index contributed by atoms with van der Waals surface area (Å²) in [5.41, 5.74) is 0.970. The van der Waals surface area contributed by atoms with Gasteiger partial charge in [0.1, 0.15) is 6.61 Å². The van der Waals surface area contributed by atoms with Crippen LogP contribution < -0.4 is 0 Å². The lowest BCUT2D eigenvalue weighted by Crippen LogP contribution is -2.62. The molecule has 1 aromatic heterocycles. The van der Waals surface area contributed by atoms with Crippen LogP contribution in [0.4, 0.5) is 0 Å². The van der Waals surface area contributed by atoms with E-state index in [2.05, 4.69) is 14.9 Å². The number of methoxy groups -OCH3 is 1. The Balaban J connectivity index is 1.51. The summed E-state index contributed by atoms with van der Waals surface area (Å²) in [6, 6.07) is 0. The highest BCUT2D eigenvalue weighted by Crippen LogP contribution is 2.51. The van der Waals surface area contributed by atoms with Crippen molar-refractivity contribution in [2.75, 3.05) is 33.4 Å². The van der Waals surface area contributed by atoms with Gasteiger partial charge in [0.05, 0.1) is 25.4 Å². The molecule has 0 bridgehead atoms. The Labute approximate surface area is 142 Å². The summed E-state index contributed by atoms with van der Waals surface area (Å²) in [4.78, 5) is 11.0. The van der Waals surface area contributed by atoms with Crippen molar-refractivity contribution in [3.8, 4) is 0 Å². The molecule has 1 spiro atoms. The summed E-state index contributed by atoms with van der Waals surface area (Å²) in [5, 5.41) is 19.2. The maximum absolute atomic E-state index is 10.3. The molecular formula is C17H27N3O4. The topological polar surface area (TPSA) is 87.9 Å². The lowest BCUT2D eigenvalue weighted by Gasteiger charge is -2.56. The predicted molar refractivity (Wildman–Crippen MR) is 87.1 cm³/mol. The number of hydrogen-bond donors (Lipinski definition) is 2. The molecule has 3 rings (SSSR count). The van der Waals surface area contributed by atoms with Gasteiger partial charge in [-0.1, -0.05) is 0 Å². The zero-order valence-corrected chi connectivity index (χ0v) is 14.2. The van der Waals surface area contributed by atoms with Gasteiger partial charge in [0.15, 0.2) is 5.82 Å². The largest absolute Gasteiger partial charge is 0.394 e. The Hall–Kier alpha value is -1.12. The van der Waals surface area contributed by atoms with Crippen LogP contribution >= 0.6 is 0 Å². The molecule has 0 radical (unpaired) electrons. The van der Waals surface area contributed by atoms with Gasteiger partial charge in [0.2, 0.25) is 0 Å². The Kier molecular flexibility index (Phi) is 5.78. The number of aromatic nitrogens is 2. The second-order valence-corrected chi connectivity index (χ2v) is 6.78. The minimum Gasteiger partial charge on any atom is -0.394 e. The van der Waals surface area contributed by atoms with Gasteiger partial charge in [-0.15, -0.1) is 0 Å². The number of rotatable bonds is 7. The molecule has 1 aliphatic carbocycles. The fourth-order valence-corrected chi connectivity index (χ4v) is 3.86. The average Bonchev–Trinajstić information content (AvgIpc) is 2.61. The molecule has 1 aliphatic heterocycles. The number of piperidine rings is 1. The molecule has 2 heterocycles. The summed E-state index contributed by atoms with van der Waals surface area (Å²) in [7, 11) is 1.63. The van der Waals surface area contributed by atoms with E-state index in [0.717, 1.165) is 38.0 Å². The van der Waals surface area contributed by atoms with Crippen molar-refractivity contribution in [1.29, 1.82) is 0 Å². The quantitative estimate of drug-likeness (QED) is 0.742. The number of likely N-dealkylation sites (tertiary alicyclic amines) is 1. The van der Waals surface area contributed by atoms with Gasteiger partial charge in [-0.25, -0.2) is 9.97 Å². The van der Waals surface area contributed by atoms with Gasteiger partial charge in [-0.3, -0.25) is 4.90 Å². The maximum Gasteiger partial charge on any atom is 0.153 e. The molecule has 1 aromatic rings. The van der Waals surface area contributed by atoms with E-state index in [-0.39, 0.29) is 24.2 Å². The SMILES string of the molecule is COCc1ncc(CN2CCC3(CC2)[C@H](O)C[C@@H]3OCCO)cn1. The highest BCUT2D eigenvalue weighted by atomic mass is 16.5. The van der Waals surface area contributed by atoms with E-state index in [1.165, 1.54) is 0 Å². The van der Waals surface area contributed by atoms with Gasteiger partial charge in [-0.05, 0) is 25.9 Å². The van der Waals surface area contributed by atoms with Crippen molar-refractivity contribution in [1.82, 2.24) is 14.9 Å². The number of aliphatic hydroxyl groups excluding tert-OH is 2. The predicted octanol–water partition coefficient (Wildman–Crippen LogP) is 0.347. The first-order valence-corrected chi connectivity index (χ1v) is 8.59. The molecule has 1 saturated carbocycles. The van der Waals surface area contributed by atoms with Crippen LogP contribution in [0, 0.1) is 5.41 Å². The van der Waals surface area contributed by atoms with Crippen molar-refractivity contribution in [2.24, 2.45) is 5.41 Å². The highest BCUT2D eigenvalue weighted by Gasteiger charge is 2.55. The first-order valence-electron chi connectivity index (χ1n) is 8.59. The van der Waals surface area contributed by atoms with Crippen LogP contribution in [-0.2, 0) is 22.6 Å². The Morgan fingerprint density at radius 2 is 2.00 bits per heavy atom. The minimum absolute atomic E-state index is 0.0356. The second kappa shape index (κ2) is 7.84. The van der Waals surface area contributed by atoms with Crippen LogP contribution in [0.15, 0.2) is 12.4 Å². The van der Waals surface area contributed by atoms with Crippen molar-refractivity contribution in [2.45, 2.75) is 44.6 Å². The molecule has 2 N–H and O–H groups in total. The molecular weight excluding hydrogens is 310 g/mol. The molecule has 134 valence electrons. The summed E-state index contributed by atoms with van der Waals surface area (Å²) < 4.78 is 10.7. The Morgan fingerprint density at radius 1 is 1.29 bits per heavy atom. The first kappa shape index (κ1) is 17.7. The van der Waals surface area contributed by atoms with Crippen molar-refractivity contribution in [3.05, 3.63) is 23.8 Å². The molecule has 2 fully saturated rings. The Bertz CT molecular complexity index is 517. The lowest BCUT2D eigenvalue weighted by atomic mass is 9.58. The number of hydrogen-bond acceptors (Lipinski definition) is 7. The van der Waals surface area contributed by atoms with Gasteiger partial charge < -0.3 is 19.7 Å². The number of aliphatic hydroxyl groups is 2. The summed E-state index contributed by atoms with van der Waals surface area (Å²) in [5.74, 6) is 0.695. The van der Waals surface area contributed by atoms with Crippen LogP contribution in [0.5, 0.6) is 0 Å². The lowest BCUT2D eigenvalue weighted by molar-refractivity contribution is -0.213. The smallest absolute Gasteiger partial charge is 0.153 e. The van der Waals surface area contributed by atoms with Crippen molar-refractivity contribution >= 4 is 0 Å². The fourth-order valence-electron chi connectivity index (χ4n) is 3.86. The Morgan fingerprint density at radius 3 is 2.58 bits per heavy atom. The van der Waals surface area contributed by atoms with Gasteiger partial charge >= 0.3 is 0 Å². The van der Waals surface area contributed by atoms with E-state index in [0.29, 0.717) is 25.5 Å². The second-order valence-electron chi connectivity index (χ2n) is 6.78. The van der Waals surface area contributed by atoms with Gasteiger partial charge in [0.25, 0.3) is 0 Å². The van der Waals surface area contributed by atoms with E-state index in [9.17, 15) is 5.11 Å². The maximum atomic E-state index is 10.3. The normalized spacial score (nSPS) is 26.5. The molecule has 2 aliphatic rings. The molecule has 7 nitrogen and oxygen atoms in total. The highest BCUT2D eigenvalue weighted by molar-refractivity contribution is 5.09. The third kappa shape index (κ3) is 3.60. The molecule has 2 atom stereocenters. The third-order valence-electron chi connectivity index (χ3n) is 5.38. The average molecular weight is 337 g/mol. The van der Waals surface area contributed by atoms with Gasteiger partial charge in [0, 0.05) is 43.4 Å². The van der Waals surface area contributed by atoms with E-state index < -0.39 is 0 Å². The van der Waals surface area contributed by atoms with E-state index in [4.69, 9.17) is 14.6 Å². The zero-order valence-electron chi connectivity index (χ0n) is 14.2. The standard InChI is InChI=1S/C17H27N3O4/c1-23-12-16-18-9-13(10-19-16)11-20-4-2-17(3-5-20)14(22)8-15(17)24-7-6-21/h9-10,14-15,21-22H,2-8,11-12H2,1H3/t14-,15+/m1/s1. The van der Waals surface area contributed by atoms with E-state index in [1.807, 2.05) is 12.4 Å². The third-order valence-corrected chi connectivity index (χ3v) is 5.38. The molecule has 7 heteroatoms. The minimum atomic E-state index is -0.278. The fraction of sp³-hybridized carbons (Fsp3) is 0.765. The van der Waals surface area contributed by atoms with Crippen molar-refractivity contribution in [3.63, 3.8) is 0 Å². The van der Waals surface area contributed by atoms with Crippen LogP contribution in [0.1, 0.15) is 30.7 Å². The number of nitrogens with zero attached hydrogens (tertiary/aromatic N) is 3. The van der Waals surface area contributed by atoms with Crippen LogP contribution in [0.2, 0.25) is 0 Å². The molecule has 0 amide bonds. The van der Waals surface area contributed by atoms with Crippen LogP contribution in [0.25, 0.3) is 0 Å². The summed E-state index contributed by atoms with van der Waals surface area (Å²) in [6.07, 6.45) is 6.06. The molecule has 0 aromatic carbocycles.